The third kappa shape index (κ3) is 3.80. The van der Waals surface area contributed by atoms with Crippen molar-refractivity contribution in [2.75, 3.05) is 7.11 Å². The topological polar surface area (TPSA) is 94.4 Å². The van der Waals surface area contributed by atoms with Crippen LogP contribution in [0.2, 0.25) is 0 Å². The first-order valence-corrected chi connectivity index (χ1v) is 11.5. The summed E-state index contributed by atoms with van der Waals surface area (Å²) in [7, 11) is -2.96. The number of benzene rings is 2. The number of ether oxygens (including phenoxy) is 1. The maximum Gasteiger partial charge on any atom is 0.324 e. The first-order chi connectivity index (χ1) is 15.2. The van der Waals surface area contributed by atoms with Crippen LogP contribution in [-0.4, -0.2) is 46.8 Å². The van der Waals surface area contributed by atoms with Crippen LogP contribution in [0, 0.1) is 11.7 Å². The minimum Gasteiger partial charge on any atom is -0.468 e. The van der Waals surface area contributed by atoms with Crippen molar-refractivity contribution in [2.24, 2.45) is 5.92 Å². The Kier molecular flexibility index (Phi) is 5.83. The lowest BCUT2D eigenvalue weighted by molar-refractivity contribution is -0.146. The minimum atomic E-state index is -4.18. The number of methoxy groups -OCH3 is 1. The van der Waals surface area contributed by atoms with E-state index in [1.807, 2.05) is 30.3 Å². The Morgan fingerprint density at radius 1 is 1.19 bits per heavy atom. The van der Waals surface area contributed by atoms with E-state index in [4.69, 9.17) is 4.74 Å². The molecule has 8 nitrogen and oxygen atoms in total. The molecule has 0 aliphatic carbocycles. The fourth-order valence-electron chi connectivity index (χ4n) is 3.98. The molecule has 3 aromatic rings. The average Bonchev–Trinajstić information content (AvgIpc) is 3.11. The van der Waals surface area contributed by atoms with Crippen LogP contribution in [0.25, 0.3) is 11.3 Å². The van der Waals surface area contributed by atoms with E-state index >= 15 is 0 Å². The molecular weight excluding hydrogens is 435 g/mol. The molecule has 0 spiro atoms. The molecule has 0 saturated heterocycles. The summed E-state index contributed by atoms with van der Waals surface area (Å²) in [6, 6.07) is 11.9. The molecule has 1 aliphatic heterocycles. The zero-order valence-electron chi connectivity index (χ0n) is 17.9. The summed E-state index contributed by atoms with van der Waals surface area (Å²) in [5.41, 5.74) is 1.83. The van der Waals surface area contributed by atoms with Gasteiger partial charge in [0.2, 0.25) is 10.0 Å². The van der Waals surface area contributed by atoms with Crippen LogP contribution in [0.1, 0.15) is 25.1 Å². The molecule has 1 atom stereocenters. The van der Waals surface area contributed by atoms with Gasteiger partial charge in [-0.2, -0.15) is 4.31 Å². The first kappa shape index (κ1) is 22.1. The molecule has 0 fully saturated rings. The van der Waals surface area contributed by atoms with Gasteiger partial charge >= 0.3 is 5.97 Å². The van der Waals surface area contributed by atoms with Gasteiger partial charge in [-0.25, -0.2) is 17.5 Å². The number of halogens is 1. The SMILES string of the molecule is COC(=O)[C@H](C(C)C)N1Cc2nnn(Cc3ccccc3)c2-c2cc(F)ccc2S1(=O)=O. The molecule has 10 heteroatoms. The predicted octanol–water partition coefficient (Wildman–Crippen LogP) is 2.83. The fourth-order valence-corrected chi connectivity index (χ4v) is 5.83. The normalized spacial score (nSPS) is 16.2. The molecule has 0 amide bonds. The molecule has 168 valence electrons. The first-order valence-electron chi connectivity index (χ1n) is 10.1. The van der Waals surface area contributed by atoms with Gasteiger partial charge < -0.3 is 4.74 Å². The monoisotopic (exact) mass is 458 g/mol. The summed E-state index contributed by atoms with van der Waals surface area (Å²) in [5.74, 6) is -1.63. The van der Waals surface area contributed by atoms with Crippen molar-refractivity contribution in [3.63, 3.8) is 0 Å². The van der Waals surface area contributed by atoms with Crippen molar-refractivity contribution in [1.29, 1.82) is 0 Å². The Morgan fingerprint density at radius 3 is 2.56 bits per heavy atom. The third-order valence-electron chi connectivity index (χ3n) is 5.45. The van der Waals surface area contributed by atoms with Crippen LogP contribution in [0.15, 0.2) is 53.4 Å². The summed E-state index contributed by atoms with van der Waals surface area (Å²) < 4.78 is 49.2. The van der Waals surface area contributed by atoms with Crippen molar-refractivity contribution in [1.82, 2.24) is 19.3 Å². The van der Waals surface area contributed by atoms with E-state index in [-0.39, 0.29) is 22.9 Å². The molecule has 0 saturated carbocycles. The van der Waals surface area contributed by atoms with Crippen LogP contribution in [-0.2, 0) is 32.6 Å². The van der Waals surface area contributed by atoms with Crippen molar-refractivity contribution >= 4 is 16.0 Å². The van der Waals surface area contributed by atoms with E-state index < -0.39 is 27.9 Å². The standard InChI is InChI=1S/C22H23FN4O4S/c1-14(2)20(22(28)31-3)27-13-18-21(17-11-16(23)9-10-19(17)32(27,29)30)26(25-24-18)12-15-7-5-4-6-8-15/h4-11,14,20H,12-13H2,1-3H3/t20-/m0/s1. The lowest BCUT2D eigenvalue weighted by Crippen LogP contribution is -2.47. The van der Waals surface area contributed by atoms with Gasteiger partial charge in [0.25, 0.3) is 0 Å². The predicted molar refractivity (Wildman–Crippen MR) is 114 cm³/mol. The molecule has 0 radical (unpaired) electrons. The molecule has 0 N–H and O–H groups in total. The maximum absolute atomic E-state index is 14.3. The highest BCUT2D eigenvalue weighted by atomic mass is 32.2. The summed E-state index contributed by atoms with van der Waals surface area (Å²) in [6.07, 6.45) is 0. The van der Waals surface area contributed by atoms with Crippen LogP contribution in [0.5, 0.6) is 0 Å². The van der Waals surface area contributed by atoms with Crippen molar-refractivity contribution in [3.05, 3.63) is 65.6 Å². The second kappa shape index (κ2) is 8.44. The summed E-state index contributed by atoms with van der Waals surface area (Å²) in [4.78, 5) is 12.4. The zero-order chi connectivity index (χ0) is 23.0. The highest BCUT2D eigenvalue weighted by Gasteiger charge is 2.43. The molecule has 2 heterocycles. The zero-order valence-corrected chi connectivity index (χ0v) is 18.7. The van der Waals surface area contributed by atoms with E-state index in [2.05, 4.69) is 10.3 Å². The number of hydrogen-bond donors (Lipinski definition) is 0. The Hall–Kier alpha value is -3.11. The number of nitrogens with zero attached hydrogens (tertiary/aromatic N) is 4. The van der Waals surface area contributed by atoms with Crippen LogP contribution in [0.4, 0.5) is 4.39 Å². The second-order valence-corrected chi connectivity index (χ2v) is 9.79. The van der Waals surface area contributed by atoms with E-state index in [0.29, 0.717) is 17.9 Å². The Balaban J connectivity index is 1.93. The highest BCUT2D eigenvalue weighted by molar-refractivity contribution is 7.89. The molecule has 1 aliphatic rings. The Bertz CT molecular complexity index is 1260. The van der Waals surface area contributed by atoms with E-state index in [9.17, 15) is 17.6 Å². The van der Waals surface area contributed by atoms with Gasteiger partial charge in [0.05, 0.1) is 30.8 Å². The maximum atomic E-state index is 14.3. The lowest BCUT2D eigenvalue weighted by Gasteiger charge is -2.30. The Labute approximate surface area is 185 Å². The van der Waals surface area contributed by atoms with Gasteiger partial charge in [-0.15, -0.1) is 5.10 Å². The van der Waals surface area contributed by atoms with E-state index in [0.717, 1.165) is 15.9 Å². The Morgan fingerprint density at radius 2 is 1.91 bits per heavy atom. The van der Waals surface area contributed by atoms with Crippen molar-refractivity contribution in [2.45, 2.75) is 37.9 Å². The third-order valence-corrected chi connectivity index (χ3v) is 7.34. The molecule has 0 bridgehead atoms. The average molecular weight is 459 g/mol. The number of fused-ring (bicyclic) bond motifs is 3. The number of aromatic nitrogens is 3. The smallest absolute Gasteiger partial charge is 0.324 e. The largest absolute Gasteiger partial charge is 0.468 e. The number of hydrogen-bond acceptors (Lipinski definition) is 6. The minimum absolute atomic E-state index is 0.108. The number of rotatable bonds is 5. The van der Waals surface area contributed by atoms with Gasteiger partial charge in [0, 0.05) is 5.56 Å². The van der Waals surface area contributed by atoms with Gasteiger partial charge in [-0.3, -0.25) is 4.79 Å². The van der Waals surface area contributed by atoms with Gasteiger partial charge in [0.15, 0.2) is 0 Å². The number of esters is 1. The van der Waals surface area contributed by atoms with Crippen LogP contribution < -0.4 is 0 Å². The molecular formula is C22H23FN4O4S. The second-order valence-electron chi connectivity index (χ2n) is 7.93. The molecule has 32 heavy (non-hydrogen) atoms. The van der Waals surface area contributed by atoms with Gasteiger partial charge in [-0.1, -0.05) is 49.4 Å². The van der Waals surface area contributed by atoms with Crippen molar-refractivity contribution in [3.8, 4) is 11.3 Å². The molecule has 0 unspecified atom stereocenters. The molecule has 1 aromatic heterocycles. The highest BCUT2D eigenvalue weighted by Crippen LogP contribution is 2.38. The van der Waals surface area contributed by atoms with Crippen LogP contribution in [0.3, 0.4) is 0 Å². The van der Waals surface area contributed by atoms with Gasteiger partial charge in [-0.05, 0) is 29.7 Å². The molecule has 4 rings (SSSR count). The number of carbonyl (C=O) groups excluding carboxylic acids is 1. The number of carbonyl (C=O) groups is 1. The summed E-state index contributed by atoms with van der Waals surface area (Å²) in [5, 5.41) is 8.44. The van der Waals surface area contributed by atoms with Crippen molar-refractivity contribution < 1.29 is 22.3 Å². The quantitative estimate of drug-likeness (QED) is 0.546. The lowest BCUT2D eigenvalue weighted by atomic mass is 10.0. The van der Waals surface area contributed by atoms with E-state index in [1.165, 1.54) is 19.2 Å². The summed E-state index contributed by atoms with van der Waals surface area (Å²) >= 11 is 0. The number of sulfonamides is 1. The molecule has 2 aromatic carbocycles. The van der Waals surface area contributed by atoms with E-state index in [1.54, 1.807) is 18.5 Å². The summed E-state index contributed by atoms with van der Waals surface area (Å²) in [6.45, 7) is 3.60. The fraction of sp³-hybridized carbons (Fsp3) is 0.318. The van der Waals surface area contributed by atoms with Crippen LogP contribution >= 0.6 is 0 Å². The van der Waals surface area contributed by atoms with Gasteiger partial charge in [0.1, 0.15) is 17.6 Å².